The molecule has 7 heteroatoms. The van der Waals surface area contributed by atoms with Gasteiger partial charge in [-0.2, -0.15) is 0 Å². The molecule has 2 N–H and O–H groups in total. The van der Waals surface area contributed by atoms with Crippen molar-refractivity contribution in [3.63, 3.8) is 0 Å². The Morgan fingerprint density at radius 2 is 1.96 bits per heavy atom. The van der Waals surface area contributed by atoms with Crippen molar-refractivity contribution in [3.05, 3.63) is 35.6 Å². The number of hydrogen-bond acceptors (Lipinski definition) is 3. The number of aliphatic imine (C=N–C) groups is 1. The van der Waals surface area contributed by atoms with Crippen molar-refractivity contribution in [3.8, 4) is 0 Å². The minimum absolute atomic E-state index is 0.221. The number of nitrogens with zero attached hydrogens (tertiary/aromatic N) is 2. The average molecular weight is 364 g/mol. The van der Waals surface area contributed by atoms with Crippen LogP contribution in [0.3, 0.4) is 0 Å². The molecule has 1 aromatic rings. The highest BCUT2D eigenvalue weighted by Gasteiger charge is 2.23. The van der Waals surface area contributed by atoms with E-state index in [-0.39, 0.29) is 18.0 Å². The van der Waals surface area contributed by atoms with Gasteiger partial charge in [-0.15, -0.1) is 0 Å². The van der Waals surface area contributed by atoms with E-state index < -0.39 is 0 Å². The summed E-state index contributed by atoms with van der Waals surface area (Å²) >= 11 is 0. The lowest BCUT2D eigenvalue weighted by Crippen LogP contribution is -2.50. The Morgan fingerprint density at radius 3 is 2.58 bits per heavy atom. The SMILES string of the molecule is CCNC(=NCCc1ccc(F)cc1)NC1CCN(C(=O)OCC)CC1. The number of guanidine groups is 1. The minimum atomic E-state index is -0.231. The van der Waals surface area contributed by atoms with E-state index in [0.29, 0.717) is 26.2 Å². The van der Waals surface area contributed by atoms with Gasteiger partial charge >= 0.3 is 6.09 Å². The topological polar surface area (TPSA) is 66.0 Å². The van der Waals surface area contributed by atoms with E-state index in [1.807, 2.05) is 13.8 Å². The molecule has 1 amide bonds. The third kappa shape index (κ3) is 6.54. The Kier molecular flexibility index (Phi) is 8.18. The number of nitrogens with one attached hydrogen (secondary N) is 2. The summed E-state index contributed by atoms with van der Waals surface area (Å²) in [5, 5.41) is 6.70. The first kappa shape index (κ1) is 20.0. The van der Waals surface area contributed by atoms with Gasteiger partial charge in [-0.05, 0) is 50.8 Å². The lowest BCUT2D eigenvalue weighted by atomic mass is 10.1. The summed E-state index contributed by atoms with van der Waals surface area (Å²) in [5.41, 5.74) is 1.06. The molecule has 2 rings (SSSR count). The first-order valence-electron chi connectivity index (χ1n) is 9.33. The standard InChI is InChI=1S/C19H29FN4O2/c1-3-21-18(22-12-9-15-5-7-16(20)8-6-15)23-17-10-13-24(14-11-17)19(25)26-4-2/h5-8,17H,3-4,9-14H2,1-2H3,(H2,21,22,23). The Labute approximate surface area is 154 Å². The van der Waals surface area contributed by atoms with Crippen LogP contribution in [0.25, 0.3) is 0 Å². The zero-order valence-corrected chi connectivity index (χ0v) is 15.6. The predicted molar refractivity (Wildman–Crippen MR) is 101 cm³/mol. The Bertz CT molecular complexity index is 584. The molecule has 1 heterocycles. The van der Waals surface area contributed by atoms with E-state index in [0.717, 1.165) is 37.3 Å². The van der Waals surface area contributed by atoms with Crippen LogP contribution in [-0.2, 0) is 11.2 Å². The number of rotatable bonds is 6. The summed E-state index contributed by atoms with van der Waals surface area (Å²) in [6.45, 7) is 7.03. The number of carbonyl (C=O) groups is 1. The van der Waals surface area contributed by atoms with Crippen molar-refractivity contribution in [2.75, 3.05) is 32.8 Å². The number of amides is 1. The molecule has 1 aromatic carbocycles. The van der Waals surface area contributed by atoms with Crippen LogP contribution in [0.2, 0.25) is 0 Å². The van der Waals surface area contributed by atoms with Crippen LogP contribution in [0.4, 0.5) is 9.18 Å². The second-order valence-corrected chi connectivity index (χ2v) is 6.24. The van der Waals surface area contributed by atoms with Crippen molar-refractivity contribution in [2.45, 2.75) is 39.2 Å². The minimum Gasteiger partial charge on any atom is -0.450 e. The van der Waals surface area contributed by atoms with E-state index in [9.17, 15) is 9.18 Å². The summed E-state index contributed by atoms with van der Waals surface area (Å²) in [5.74, 6) is 0.561. The van der Waals surface area contributed by atoms with Gasteiger partial charge in [-0.1, -0.05) is 12.1 Å². The molecule has 26 heavy (non-hydrogen) atoms. The Balaban J connectivity index is 1.80. The lowest BCUT2D eigenvalue weighted by molar-refractivity contribution is 0.0963. The highest BCUT2D eigenvalue weighted by Crippen LogP contribution is 2.11. The fourth-order valence-electron chi connectivity index (χ4n) is 2.88. The summed E-state index contributed by atoms with van der Waals surface area (Å²) < 4.78 is 18.0. The van der Waals surface area contributed by atoms with Crippen molar-refractivity contribution in [1.29, 1.82) is 0 Å². The fourth-order valence-corrected chi connectivity index (χ4v) is 2.88. The van der Waals surface area contributed by atoms with Crippen LogP contribution in [0.5, 0.6) is 0 Å². The molecule has 1 fully saturated rings. The van der Waals surface area contributed by atoms with Crippen molar-refractivity contribution >= 4 is 12.1 Å². The van der Waals surface area contributed by atoms with Gasteiger partial charge < -0.3 is 20.3 Å². The molecule has 144 valence electrons. The predicted octanol–water partition coefficient (Wildman–Crippen LogP) is 2.54. The molecular weight excluding hydrogens is 335 g/mol. The lowest BCUT2D eigenvalue weighted by Gasteiger charge is -2.32. The highest BCUT2D eigenvalue weighted by molar-refractivity contribution is 5.80. The van der Waals surface area contributed by atoms with Crippen molar-refractivity contribution in [1.82, 2.24) is 15.5 Å². The van der Waals surface area contributed by atoms with Gasteiger partial charge in [0.05, 0.1) is 6.61 Å². The third-order valence-electron chi connectivity index (χ3n) is 4.29. The molecule has 0 aromatic heterocycles. The molecule has 0 radical (unpaired) electrons. The van der Waals surface area contributed by atoms with E-state index >= 15 is 0 Å². The molecule has 0 atom stereocenters. The maximum absolute atomic E-state index is 12.9. The van der Waals surface area contributed by atoms with E-state index in [2.05, 4.69) is 15.6 Å². The maximum atomic E-state index is 12.9. The van der Waals surface area contributed by atoms with Crippen LogP contribution in [0.15, 0.2) is 29.3 Å². The van der Waals surface area contributed by atoms with Gasteiger partial charge in [0, 0.05) is 32.2 Å². The second kappa shape index (κ2) is 10.6. The monoisotopic (exact) mass is 364 g/mol. The molecule has 0 saturated carbocycles. The summed E-state index contributed by atoms with van der Waals surface area (Å²) in [6.07, 6.45) is 2.26. The van der Waals surface area contributed by atoms with Crippen LogP contribution in [0, 0.1) is 5.82 Å². The first-order chi connectivity index (χ1) is 12.6. The van der Waals surface area contributed by atoms with E-state index in [1.54, 1.807) is 17.0 Å². The summed E-state index contributed by atoms with van der Waals surface area (Å²) in [6, 6.07) is 6.80. The van der Waals surface area contributed by atoms with Crippen molar-refractivity contribution < 1.29 is 13.9 Å². The first-order valence-corrected chi connectivity index (χ1v) is 9.33. The number of benzene rings is 1. The van der Waals surface area contributed by atoms with E-state index in [4.69, 9.17) is 4.74 Å². The number of halogens is 1. The molecule has 1 aliphatic rings. The zero-order chi connectivity index (χ0) is 18.8. The second-order valence-electron chi connectivity index (χ2n) is 6.24. The zero-order valence-electron chi connectivity index (χ0n) is 15.6. The summed E-state index contributed by atoms with van der Waals surface area (Å²) in [7, 11) is 0. The number of hydrogen-bond donors (Lipinski definition) is 2. The highest BCUT2D eigenvalue weighted by atomic mass is 19.1. The molecule has 0 spiro atoms. The van der Waals surface area contributed by atoms with Gasteiger partial charge in [0.2, 0.25) is 0 Å². The molecule has 6 nitrogen and oxygen atoms in total. The largest absolute Gasteiger partial charge is 0.450 e. The van der Waals surface area contributed by atoms with E-state index in [1.165, 1.54) is 12.1 Å². The number of ether oxygens (including phenoxy) is 1. The van der Waals surface area contributed by atoms with Crippen LogP contribution in [0.1, 0.15) is 32.3 Å². The Morgan fingerprint density at radius 1 is 1.27 bits per heavy atom. The molecule has 0 unspecified atom stereocenters. The smallest absolute Gasteiger partial charge is 0.409 e. The van der Waals surface area contributed by atoms with Gasteiger partial charge in [0.15, 0.2) is 5.96 Å². The molecule has 1 saturated heterocycles. The quantitative estimate of drug-likeness (QED) is 0.601. The van der Waals surface area contributed by atoms with Crippen LogP contribution >= 0.6 is 0 Å². The third-order valence-corrected chi connectivity index (χ3v) is 4.29. The molecule has 0 aliphatic carbocycles. The van der Waals surface area contributed by atoms with Crippen LogP contribution in [-0.4, -0.2) is 55.8 Å². The molecular formula is C19H29FN4O2. The van der Waals surface area contributed by atoms with Gasteiger partial charge in [0.1, 0.15) is 5.82 Å². The molecule has 0 bridgehead atoms. The van der Waals surface area contributed by atoms with Crippen LogP contribution < -0.4 is 10.6 Å². The van der Waals surface area contributed by atoms with Crippen molar-refractivity contribution in [2.24, 2.45) is 4.99 Å². The number of likely N-dealkylation sites (tertiary alicyclic amines) is 1. The molecule has 1 aliphatic heterocycles. The normalized spacial score (nSPS) is 15.7. The van der Waals surface area contributed by atoms with Gasteiger partial charge in [-0.25, -0.2) is 9.18 Å². The maximum Gasteiger partial charge on any atom is 0.409 e. The fraction of sp³-hybridized carbons (Fsp3) is 0.579. The van der Waals surface area contributed by atoms with Gasteiger partial charge in [-0.3, -0.25) is 4.99 Å². The Hall–Kier alpha value is -2.31. The van der Waals surface area contributed by atoms with Gasteiger partial charge in [0.25, 0.3) is 0 Å². The summed E-state index contributed by atoms with van der Waals surface area (Å²) in [4.78, 5) is 18.1. The number of carbonyl (C=O) groups excluding carboxylic acids is 1. The number of piperidine rings is 1. The average Bonchev–Trinajstić information content (AvgIpc) is 2.64.